The minimum atomic E-state index is -0.479. The van der Waals surface area contributed by atoms with Crippen molar-refractivity contribution in [2.45, 2.75) is 19.3 Å². The molecular formula is C17H18Cl2N4O2. The number of nitrogens with zero attached hydrogens (tertiary/aromatic N) is 2. The van der Waals surface area contributed by atoms with Crippen molar-refractivity contribution in [3.05, 3.63) is 40.0 Å². The summed E-state index contributed by atoms with van der Waals surface area (Å²) in [6.45, 7) is 1.79. The lowest BCUT2D eigenvalue weighted by Gasteiger charge is -2.15. The zero-order valence-electron chi connectivity index (χ0n) is 13.5. The zero-order valence-corrected chi connectivity index (χ0v) is 15.0. The molecule has 1 aliphatic rings. The topological polar surface area (TPSA) is 85.2 Å². The fourth-order valence-electron chi connectivity index (χ4n) is 2.41. The number of amides is 2. The molecule has 0 saturated carbocycles. The van der Waals surface area contributed by atoms with Crippen molar-refractivity contribution in [1.29, 1.82) is 5.26 Å². The van der Waals surface area contributed by atoms with Gasteiger partial charge >= 0.3 is 0 Å². The third kappa shape index (κ3) is 5.66. The van der Waals surface area contributed by atoms with E-state index in [2.05, 4.69) is 10.6 Å². The highest BCUT2D eigenvalue weighted by molar-refractivity contribution is 6.36. The maximum atomic E-state index is 12.0. The summed E-state index contributed by atoms with van der Waals surface area (Å²) in [6, 6.07) is 6.71. The maximum absolute atomic E-state index is 12.0. The van der Waals surface area contributed by atoms with E-state index in [-0.39, 0.29) is 11.5 Å². The first kappa shape index (κ1) is 19.1. The number of likely N-dealkylation sites (tertiary alicyclic amines) is 1. The Bertz CT molecular complexity index is 728. The lowest BCUT2D eigenvalue weighted by atomic mass is 10.2. The van der Waals surface area contributed by atoms with Crippen LogP contribution in [0, 0.1) is 11.3 Å². The molecule has 25 heavy (non-hydrogen) atoms. The number of nitriles is 1. The van der Waals surface area contributed by atoms with Gasteiger partial charge in [0.15, 0.2) is 0 Å². The Morgan fingerprint density at radius 3 is 2.84 bits per heavy atom. The van der Waals surface area contributed by atoms with Crippen LogP contribution in [0.5, 0.6) is 0 Å². The SMILES string of the molecule is N#C/C(=C/Nc1ccc(Cl)cc1Cl)C(=O)NCCCN1CCCC1=O. The van der Waals surface area contributed by atoms with Crippen LogP contribution in [-0.2, 0) is 9.59 Å². The molecule has 1 aromatic rings. The first-order valence-corrected chi connectivity index (χ1v) is 8.64. The number of benzene rings is 1. The molecule has 0 atom stereocenters. The smallest absolute Gasteiger partial charge is 0.263 e. The van der Waals surface area contributed by atoms with Gasteiger partial charge in [0, 0.05) is 37.3 Å². The number of anilines is 1. The predicted molar refractivity (Wildman–Crippen MR) is 97.2 cm³/mol. The molecule has 132 valence electrons. The van der Waals surface area contributed by atoms with Crippen molar-refractivity contribution in [2.24, 2.45) is 0 Å². The minimum absolute atomic E-state index is 0.0664. The van der Waals surface area contributed by atoms with Crippen LogP contribution in [-0.4, -0.2) is 36.3 Å². The summed E-state index contributed by atoms with van der Waals surface area (Å²) < 4.78 is 0. The van der Waals surface area contributed by atoms with Crippen LogP contribution in [0.25, 0.3) is 0 Å². The van der Waals surface area contributed by atoms with Gasteiger partial charge in [0.2, 0.25) is 5.91 Å². The summed E-state index contributed by atoms with van der Waals surface area (Å²) in [7, 11) is 0. The van der Waals surface area contributed by atoms with Gasteiger partial charge in [-0.1, -0.05) is 23.2 Å². The quantitative estimate of drug-likeness (QED) is 0.432. The Kier molecular flexibility index (Phi) is 7.11. The van der Waals surface area contributed by atoms with Crippen molar-refractivity contribution in [3.63, 3.8) is 0 Å². The monoisotopic (exact) mass is 380 g/mol. The van der Waals surface area contributed by atoms with Crippen molar-refractivity contribution >= 4 is 40.7 Å². The van der Waals surface area contributed by atoms with Gasteiger partial charge in [0.25, 0.3) is 5.91 Å². The number of carbonyl (C=O) groups is 2. The van der Waals surface area contributed by atoms with Crippen LogP contribution in [0.3, 0.4) is 0 Å². The lowest BCUT2D eigenvalue weighted by molar-refractivity contribution is -0.127. The van der Waals surface area contributed by atoms with Crippen molar-refractivity contribution in [1.82, 2.24) is 10.2 Å². The Morgan fingerprint density at radius 1 is 1.40 bits per heavy atom. The van der Waals surface area contributed by atoms with E-state index in [9.17, 15) is 9.59 Å². The van der Waals surface area contributed by atoms with E-state index in [4.69, 9.17) is 28.5 Å². The van der Waals surface area contributed by atoms with Gasteiger partial charge in [-0.2, -0.15) is 5.26 Å². The predicted octanol–water partition coefficient (Wildman–Crippen LogP) is 2.94. The molecule has 0 unspecified atom stereocenters. The van der Waals surface area contributed by atoms with E-state index in [1.165, 1.54) is 6.20 Å². The van der Waals surface area contributed by atoms with E-state index in [0.29, 0.717) is 41.7 Å². The minimum Gasteiger partial charge on any atom is -0.359 e. The second-order valence-electron chi connectivity index (χ2n) is 5.53. The lowest BCUT2D eigenvalue weighted by Crippen LogP contribution is -2.31. The number of hydrogen-bond acceptors (Lipinski definition) is 4. The van der Waals surface area contributed by atoms with Crippen molar-refractivity contribution in [2.75, 3.05) is 25.0 Å². The second-order valence-corrected chi connectivity index (χ2v) is 6.38. The van der Waals surface area contributed by atoms with E-state index in [0.717, 1.165) is 13.0 Å². The Hall–Kier alpha value is -2.23. The van der Waals surface area contributed by atoms with Gasteiger partial charge in [-0.3, -0.25) is 9.59 Å². The summed E-state index contributed by atoms with van der Waals surface area (Å²) in [5.41, 5.74) is 0.474. The molecule has 0 aliphatic carbocycles. The standard InChI is InChI=1S/C17H18Cl2N4O2/c18-13-4-5-15(14(19)9-13)22-11-12(10-20)17(25)21-6-2-8-23-7-1-3-16(23)24/h4-5,9,11,22H,1-3,6-8H2,(H,21,25)/b12-11-. The number of halogens is 2. The van der Waals surface area contributed by atoms with E-state index >= 15 is 0 Å². The van der Waals surface area contributed by atoms with Gasteiger partial charge < -0.3 is 15.5 Å². The molecule has 2 amide bonds. The highest BCUT2D eigenvalue weighted by Crippen LogP contribution is 2.25. The average molecular weight is 381 g/mol. The van der Waals surface area contributed by atoms with Crippen molar-refractivity contribution < 1.29 is 9.59 Å². The molecule has 6 nitrogen and oxygen atoms in total. The first-order valence-electron chi connectivity index (χ1n) is 7.89. The van der Waals surface area contributed by atoms with E-state index in [1.807, 2.05) is 6.07 Å². The first-order chi connectivity index (χ1) is 12.0. The average Bonchev–Trinajstić information content (AvgIpc) is 2.99. The molecule has 0 radical (unpaired) electrons. The largest absolute Gasteiger partial charge is 0.359 e. The van der Waals surface area contributed by atoms with Gasteiger partial charge in [0.05, 0.1) is 10.7 Å². The molecular weight excluding hydrogens is 363 g/mol. The Balaban J connectivity index is 1.81. The molecule has 2 rings (SSSR count). The molecule has 1 aromatic carbocycles. The van der Waals surface area contributed by atoms with E-state index < -0.39 is 5.91 Å². The number of rotatable bonds is 7. The summed E-state index contributed by atoms with van der Waals surface area (Å²) in [5, 5.41) is 15.5. The van der Waals surface area contributed by atoms with Crippen LogP contribution >= 0.6 is 23.2 Å². The van der Waals surface area contributed by atoms with Gasteiger partial charge in [-0.05, 0) is 31.0 Å². The van der Waals surface area contributed by atoms with Crippen LogP contribution in [0.1, 0.15) is 19.3 Å². The maximum Gasteiger partial charge on any atom is 0.263 e. The molecule has 2 N–H and O–H groups in total. The zero-order chi connectivity index (χ0) is 18.2. The highest BCUT2D eigenvalue weighted by Gasteiger charge is 2.19. The Labute approximate surface area is 156 Å². The Morgan fingerprint density at radius 2 is 2.20 bits per heavy atom. The van der Waals surface area contributed by atoms with Gasteiger partial charge in [0.1, 0.15) is 11.6 Å². The molecule has 1 saturated heterocycles. The van der Waals surface area contributed by atoms with Crippen LogP contribution < -0.4 is 10.6 Å². The molecule has 1 heterocycles. The number of nitrogens with one attached hydrogen (secondary N) is 2. The molecule has 1 fully saturated rings. The van der Waals surface area contributed by atoms with Crippen molar-refractivity contribution in [3.8, 4) is 6.07 Å². The third-order valence-corrected chi connectivity index (χ3v) is 4.28. The van der Waals surface area contributed by atoms with Crippen LogP contribution in [0.15, 0.2) is 30.0 Å². The van der Waals surface area contributed by atoms with Gasteiger partial charge in [-0.25, -0.2) is 0 Å². The summed E-state index contributed by atoms with van der Waals surface area (Å²) >= 11 is 11.8. The van der Waals surface area contributed by atoms with Crippen LogP contribution in [0.4, 0.5) is 5.69 Å². The fraction of sp³-hybridized carbons (Fsp3) is 0.353. The van der Waals surface area contributed by atoms with E-state index in [1.54, 1.807) is 23.1 Å². The second kappa shape index (κ2) is 9.30. The summed E-state index contributed by atoms with van der Waals surface area (Å²) in [4.78, 5) is 25.3. The van der Waals surface area contributed by atoms with Crippen LogP contribution in [0.2, 0.25) is 10.0 Å². The number of carbonyl (C=O) groups excluding carboxylic acids is 2. The summed E-state index contributed by atoms with van der Waals surface area (Å²) in [6.07, 6.45) is 3.44. The molecule has 1 aliphatic heterocycles. The molecule has 0 bridgehead atoms. The summed E-state index contributed by atoms with van der Waals surface area (Å²) in [5.74, 6) is -0.319. The van der Waals surface area contributed by atoms with Gasteiger partial charge in [-0.15, -0.1) is 0 Å². The third-order valence-electron chi connectivity index (χ3n) is 3.73. The highest BCUT2D eigenvalue weighted by atomic mass is 35.5. The molecule has 0 spiro atoms. The molecule has 0 aromatic heterocycles. The molecule has 8 heteroatoms. The fourth-order valence-corrected chi connectivity index (χ4v) is 2.88. The number of hydrogen-bond donors (Lipinski definition) is 2. The normalized spacial score (nSPS) is 14.4.